The second-order valence-corrected chi connectivity index (χ2v) is 6.33. The molecule has 1 saturated heterocycles. The van der Waals surface area contributed by atoms with E-state index in [-0.39, 0.29) is 5.91 Å². The Morgan fingerprint density at radius 1 is 1.07 bits per heavy atom. The van der Waals surface area contributed by atoms with E-state index in [2.05, 4.69) is 17.1 Å². The molecule has 1 heterocycles. The van der Waals surface area contributed by atoms with Crippen molar-refractivity contribution in [3.8, 4) is 0 Å². The Morgan fingerprint density at radius 3 is 2.37 bits per heavy atom. The van der Waals surface area contributed by atoms with Crippen LogP contribution in [0.1, 0.15) is 33.2 Å². The zero-order valence-corrected chi connectivity index (χ0v) is 15.7. The third kappa shape index (κ3) is 4.46. The van der Waals surface area contributed by atoms with E-state index >= 15 is 0 Å². The molecule has 2 aromatic rings. The fraction of sp³-hybridized carbons (Fsp3) is 0.333. The minimum Gasteiger partial charge on any atom is -0.465 e. The fourth-order valence-electron chi connectivity index (χ4n) is 3.05. The number of carbonyl (C=O) groups excluding carboxylic acids is 2. The number of nitrogens with one attached hydrogen (secondary N) is 1. The second-order valence-electron chi connectivity index (χ2n) is 6.33. The van der Waals surface area contributed by atoms with E-state index in [9.17, 15) is 9.59 Å². The molecule has 27 heavy (non-hydrogen) atoms. The Labute approximate surface area is 159 Å². The summed E-state index contributed by atoms with van der Waals surface area (Å²) >= 11 is 0. The number of ether oxygens (including phenoxy) is 2. The van der Waals surface area contributed by atoms with Crippen LogP contribution in [0.15, 0.2) is 42.5 Å². The van der Waals surface area contributed by atoms with Gasteiger partial charge in [0, 0.05) is 18.7 Å². The minimum atomic E-state index is -0.439. The summed E-state index contributed by atoms with van der Waals surface area (Å²) < 4.78 is 10.2. The van der Waals surface area contributed by atoms with Crippen LogP contribution < -0.4 is 10.2 Å². The van der Waals surface area contributed by atoms with Crippen molar-refractivity contribution in [1.82, 2.24) is 0 Å². The van der Waals surface area contributed by atoms with Crippen LogP contribution >= 0.6 is 0 Å². The van der Waals surface area contributed by atoms with Crippen molar-refractivity contribution in [2.45, 2.75) is 13.3 Å². The van der Waals surface area contributed by atoms with Crippen LogP contribution in [-0.4, -0.2) is 45.3 Å². The number of morpholine rings is 1. The number of benzene rings is 2. The number of rotatable bonds is 5. The summed E-state index contributed by atoms with van der Waals surface area (Å²) in [4.78, 5) is 26.8. The van der Waals surface area contributed by atoms with E-state index in [0.717, 1.165) is 25.2 Å². The highest BCUT2D eigenvalue weighted by Gasteiger charge is 2.19. The number of hydrogen-bond donors (Lipinski definition) is 1. The Morgan fingerprint density at radius 2 is 1.74 bits per heavy atom. The predicted octanol–water partition coefficient (Wildman–Crippen LogP) is 3.12. The van der Waals surface area contributed by atoms with Crippen LogP contribution in [0.4, 0.5) is 11.4 Å². The van der Waals surface area contributed by atoms with Gasteiger partial charge in [-0.1, -0.05) is 19.1 Å². The Hall–Kier alpha value is -2.86. The van der Waals surface area contributed by atoms with Gasteiger partial charge in [-0.05, 0) is 42.3 Å². The molecule has 2 aromatic carbocycles. The molecule has 1 amide bonds. The van der Waals surface area contributed by atoms with Crippen LogP contribution in [0.25, 0.3) is 0 Å². The maximum absolute atomic E-state index is 12.7. The average molecular weight is 368 g/mol. The molecule has 1 N–H and O–H groups in total. The average Bonchev–Trinajstić information content (AvgIpc) is 2.73. The van der Waals surface area contributed by atoms with Gasteiger partial charge < -0.3 is 19.7 Å². The van der Waals surface area contributed by atoms with E-state index in [1.807, 2.05) is 30.3 Å². The number of nitrogens with zero attached hydrogens (tertiary/aromatic N) is 1. The molecule has 1 aliphatic heterocycles. The Bertz CT molecular complexity index is 811. The number of methoxy groups -OCH3 is 1. The van der Waals surface area contributed by atoms with Gasteiger partial charge in [0.25, 0.3) is 5.91 Å². The normalized spacial score (nSPS) is 13.9. The van der Waals surface area contributed by atoms with Crippen molar-refractivity contribution in [1.29, 1.82) is 0 Å². The number of carbonyl (C=O) groups is 2. The third-order valence-electron chi connectivity index (χ3n) is 4.64. The van der Waals surface area contributed by atoms with Crippen molar-refractivity contribution in [2.75, 3.05) is 43.6 Å². The van der Waals surface area contributed by atoms with E-state index < -0.39 is 5.97 Å². The zero-order valence-electron chi connectivity index (χ0n) is 15.7. The van der Waals surface area contributed by atoms with Crippen LogP contribution in [0, 0.1) is 0 Å². The first kappa shape index (κ1) is 18.9. The monoisotopic (exact) mass is 368 g/mol. The predicted molar refractivity (Wildman–Crippen MR) is 105 cm³/mol. The lowest BCUT2D eigenvalue weighted by atomic mass is 10.1. The maximum Gasteiger partial charge on any atom is 0.337 e. The van der Waals surface area contributed by atoms with E-state index in [1.165, 1.54) is 12.7 Å². The molecule has 0 atom stereocenters. The van der Waals surface area contributed by atoms with Gasteiger partial charge in [-0.25, -0.2) is 4.79 Å². The molecule has 0 aliphatic carbocycles. The van der Waals surface area contributed by atoms with Gasteiger partial charge in [-0.15, -0.1) is 0 Å². The lowest BCUT2D eigenvalue weighted by molar-refractivity contribution is 0.0600. The lowest BCUT2D eigenvalue weighted by Crippen LogP contribution is -2.36. The van der Waals surface area contributed by atoms with Gasteiger partial charge in [0.05, 0.1) is 37.3 Å². The molecule has 0 saturated carbocycles. The topological polar surface area (TPSA) is 67.9 Å². The lowest BCUT2D eigenvalue weighted by Gasteiger charge is -2.30. The Balaban J connectivity index is 1.89. The van der Waals surface area contributed by atoms with Crippen molar-refractivity contribution >= 4 is 23.3 Å². The van der Waals surface area contributed by atoms with Crippen molar-refractivity contribution in [3.05, 3.63) is 59.2 Å². The highest BCUT2D eigenvalue weighted by atomic mass is 16.5. The summed E-state index contributed by atoms with van der Waals surface area (Å²) in [5.41, 5.74) is 3.59. The van der Waals surface area contributed by atoms with Crippen LogP contribution in [0.2, 0.25) is 0 Å². The molecule has 1 aliphatic rings. The largest absolute Gasteiger partial charge is 0.465 e. The van der Waals surface area contributed by atoms with E-state index in [4.69, 9.17) is 9.47 Å². The summed E-state index contributed by atoms with van der Waals surface area (Å²) in [6.07, 6.45) is 0.921. The fourth-order valence-corrected chi connectivity index (χ4v) is 3.05. The molecule has 1 fully saturated rings. The van der Waals surface area contributed by atoms with Crippen molar-refractivity contribution < 1.29 is 19.1 Å². The molecule has 0 radical (unpaired) electrons. The first-order valence-corrected chi connectivity index (χ1v) is 9.07. The molecule has 0 spiro atoms. The third-order valence-corrected chi connectivity index (χ3v) is 4.64. The number of amides is 1. The smallest absolute Gasteiger partial charge is 0.337 e. The first-order valence-electron chi connectivity index (χ1n) is 9.07. The van der Waals surface area contributed by atoms with Gasteiger partial charge in [0.15, 0.2) is 0 Å². The van der Waals surface area contributed by atoms with Gasteiger partial charge in [-0.3, -0.25) is 4.79 Å². The first-order chi connectivity index (χ1) is 13.1. The quantitative estimate of drug-likeness (QED) is 0.822. The second kappa shape index (κ2) is 8.68. The van der Waals surface area contributed by atoms with E-state index in [0.29, 0.717) is 30.0 Å². The Kier molecular flexibility index (Phi) is 6.08. The SMILES string of the molecule is CCc1ccc(C(=O)Nc2cc(C(=O)OC)ccc2N2CCOCC2)cc1. The van der Waals surface area contributed by atoms with Crippen molar-refractivity contribution in [2.24, 2.45) is 0 Å². The van der Waals surface area contributed by atoms with Gasteiger partial charge in [-0.2, -0.15) is 0 Å². The molecule has 6 nitrogen and oxygen atoms in total. The summed E-state index contributed by atoms with van der Waals surface area (Å²) in [6, 6.07) is 12.7. The highest BCUT2D eigenvalue weighted by molar-refractivity contribution is 6.06. The minimum absolute atomic E-state index is 0.214. The molecule has 6 heteroatoms. The number of anilines is 2. The summed E-state index contributed by atoms with van der Waals surface area (Å²) in [7, 11) is 1.34. The molecule has 0 aromatic heterocycles. The molecule has 3 rings (SSSR count). The summed E-state index contributed by atoms with van der Waals surface area (Å²) in [5, 5.41) is 2.95. The van der Waals surface area contributed by atoms with Crippen LogP contribution in [0.3, 0.4) is 0 Å². The summed E-state index contributed by atoms with van der Waals surface area (Å²) in [6.45, 7) is 4.79. The zero-order chi connectivity index (χ0) is 19.2. The molecule has 0 unspecified atom stereocenters. The summed E-state index contributed by atoms with van der Waals surface area (Å²) in [5.74, 6) is -0.652. The molecule has 142 valence electrons. The van der Waals surface area contributed by atoms with Crippen LogP contribution in [-0.2, 0) is 15.9 Å². The highest BCUT2D eigenvalue weighted by Crippen LogP contribution is 2.29. The van der Waals surface area contributed by atoms with Gasteiger partial charge in [0.1, 0.15) is 0 Å². The van der Waals surface area contributed by atoms with E-state index in [1.54, 1.807) is 12.1 Å². The van der Waals surface area contributed by atoms with Gasteiger partial charge >= 0.3 is 5.97 Å². The number of aryl methyl sites for hydroxylation is 1. The van der Waals surface area contributed by atoms with Crippen molar-refractivity contribution in [3.63, 3.8) is 0 Å². The molecular formula is C21H24N2O4. The molecule has 0 bridgehead atoms. The molecular weight excluding hydrogens is 344 g/mol. The number of hydrogen-bond acceptors (Lipinski definition) is 5. The van der Waals surface area contributed by atoms with Gasteiger partial charge in [0.2, 0.25) is 0 Å². The van der Waals surface area contributed by atoms with Crippen LogP contribution in [0.5, 0.6) is 0 Å². The standard InChI is InChI=1S/C21H24N2O4/c1-3-15-4-6-16(7-5-15)20(24)22-18-14-17(21(25)26-2)8-9-19(18)23-10-12-27-13-11-23/h4-9,14H,3,10-13H2,1-2H3,(H,22,24). The maximum atomic E-state index is 12.7. The number of esters is 1.